The molecule has 0 spiro atoms. The standard InChI is InChI=1S/C19H18F4N2O4/c1-3-28-13-5-7-14(8-6-13)29-11(2)17(26)24-25-18(27)12-4-9-16(20)15(10-12)19(21,22)23/h4-11H,3H2,1-2H3,(H,24,26)(H,25,27). The molecule has 156 valence electrons. The first-order valence-electron chi connectivity index (χ1n) is 8.48. The van der Waals surface area contributed by atoms with Gasteiger partial charge in [-0.05, 0) is 56.3 Å². The molecule has 1 atom stereocenters. The molecule has 0 aliphatic heterocycles. The van der Waals surface area contributed by atoms with Gasteiger partial charge in [0.2, 0.25) is 0 Å². The summed E-state index contributed by atoms with van der Waals surface area (Å²) in [5, 5.41) is 0. The zero-order valence-corrected chi connectivity index (χ0v) is 15.5. The molecule has 6 nitrogen and oxygen atoms in total. The van der Waals surface area contributed by atoms with Gasteiger partial charge in [0.15, 0.2) is 6.10 Å². The fraction of sp³-hybridized carbons (Fsp3) is 0.263. The largest absolute Gasteiger partial charge is 0.494 e. The van der Waals surface area contributed by atoms with Crippen molar-refractivity contribution in [3.8, 4) is 11.5 Å². The van der Waals surface area contributed by atoms with Crippen LogP contribution in [0.15, 0.2) is 42.5 Å². The lowest BCUT2D eigenvalue weighted by atomic mass is 10.1. The Balaban J connectivity index is 1.93. The number of hydrazine groups is 1. The number of ether oxygens (including phenoxy) is 2. The number of hydrogen-bond donors (Lipinski definition) is 2. The van der Waals surface area contributed by atoms with Crippen molar-refractivity contribution in [2.45, 2.75) is 26.1 Å². The molecule has 29 heavy (non-hydrogen) atoms. The minimum Gasteiger partial charge on any atom is -0.494 e. The first-order chi connectivity index (χ1) is 13.6. The van der Waals surface area contributed by atoms with E-state index < -0.39 is 41.0 Å². The SMILES string of the molecule is CCOc1ccc(OC(C)C(=O)NNC(=O)c2ccc(F)c(C(F)(F)F)c2)cc1. The molecule has 2 N–H and O–H groups in total. The molecular weight excluding hydrogens is 396 g/mol. The molecular formula is C19H18F4N2O4. The number of rotatable bonds is 6. The highest BCUT2D eigenvalue weighted by Crippen LogP contribution is 2.31. The molecule has 0 fully saturated rings. The highest BCUT2D eigenvalue weighted by atomic mass is 19.4. The second kappa shape index (κ2) is 9.26. The van der Waals surface area contributed by atoms with E-state index in [1.807, 2.05) is 17.8 Å². The molecule has 2 aromatic carbocycles. The van der Waals surface area contributed by atoms with Crippen molar-refractivity contribution >= 4 is 11.8 Å². The minimum atomic E-state index is -4.95. The molecule has 2 rings (SSSR count). The van der Waals surface area contributed by atoms with Crippen LogP contribution in [0.4, 0.5) is 17.6 Å². The minimum absolute atomic E-state index is 0.358. The quantitative estimate of drug-likeness (QED) is 0.561. The highest BCUT2D eigenvalue weighted by molar-refractivity contribution is 5.96. The van der Waals surface area contributed by atoms with E-state index in [9.17, 15) is 27.2 Å². The second-order valence-corrected chi connectivity index (χ2v) is 5.80. The molecule has 0 aromatic heterocycles. The summed E-state index contributed by atoms with van der Waals surface area (Å²) in [4.78, 5) is 24.0. The van der Waals surface area contributed by atoms with Gasteiger partial charge in [0, 0.05) is 5.56 Å². The van der Waals surface area contributed by atoms with Crippen molar-refractivity contribution in [2.24, 2.45) is 0 Å². The van der Waals surface area contributed by atoms with Gasteiger partial charge in [-0.3, -0.25) is 20.4 Å². The molecule has 2 aromatic rings. The van der Waals surface area contributed by atoms with Gasteiger partial charge in [-0.1, -0.05) is 0 Å². The Morgan fingerprint density at radius 1 is 1.03 bits per heavy atom. The van der Waals surface area contributed by atoms with E-state index >= 15 is 0 Å². The maximum absolute atomic E-state index is 13.3. The van der Waals surface area contributed by atoms with Crippen molar-refractivity contribution in [1.82, 2.24) is 10.9 Å². The molecule has 1 unspecified atom stereocenters. The predicted molar refractivity (Wildman–Crippen MR) is 94.7 cm³/mol. The molecule has 0 aliphatic rings. The van der Waals surface area contributed by atoms with Crippen LogP contribution in [0.3, 0.4) is 0 Å². The second-order valence-electron chi connectivity index (χ2n) is 5.80. The average molecular weight is 414 g/mol. The number of halogens is 4. The van der Waals surface area contributed by atoms with Crippen molar-refractivity contribution in [2.75, 3.05) is 6.61 Å². The van der Waals surface area contributed by atoms with Crippen molar-refractivity contribution in [3.05, 3.63) is 59.4 Å². The molecule has 10 heteroatoms. The van der Waals surface area contributed by atoms with E-state index in [1.165, 1.54) is 6.92 Å². The van der Waals surface area contributed by atoms with Crippen molar-refractivity contribution in [1.29, 1.82) is 0 Å². The number of benzene rings is 2. The van der Waals surface area contributed by atoms with E-state index in [4.69, 9.17) is 9.47 Å². The monoisotopic (exact) mass is 414 g/mol. The molecule has 0 radical (unpaired) electrons. The maximum Gasteiger partial charge on any atom is 0.419 e. The van der Waals surface area contributed by atoms with E-state index in [1.54, 1.807) is 24.3 Å². The normalized spacial score (nSPS) is 12.1. The number of nitrogens with one attached hydrogen (secondary N) is 2. The van der Waals surface area contributed by atoms with Crippen LogP contribution in [0.25, 0.3) is 0 Å². The van der Waals surface area contributed by atoms with Crippen LogP contribution in [-0.2, 0) is 11.0 Å². The van der Waals surface area contributed by atoms with Crippen LogP contribution in [-0.4, -0.2) is 24.5 Å². The van der Waals surface area contributed by atoms with E-state index in [2.05, 4.69) is 0 Å². The third-order valence-corrected chi connectivity index (χ3v) is 3.65. The summed E-state index contributed by atoms with van der Waals surface area (Å²) in [7, 11) is 0. The molecule has 0 saturated heterocycles. The predicted octanol–water partition coefficient (Wildman–Crippen LogP) is 3.47. The van der Waals surface area contributed by atoms with Crippen LogP contribution >= 0.6 is 0 Å². The third kappa shape index (κ3) is 6.09. The zero-order valence-electron chi connectivity index (χ0n) is 15.5. The van der Waals surface area contributed by atoms with Gasteiger partial charge in [-0.2, -0.15) is 13.2 Å². The van der Waals surface area contributed by atoms with Crippen LogP contribution in [0.2, 0.25) is 0 Å². The molecule has 0 heterocycles. The smallest absolute Gasteiger partial charge is 0.419 e. The lowest BCUT2D eigenvalue weighted by Crippen LogP contribution is -2.47. The van der Waals surface area contributed by atoms with Crippen molar-refractivity contribution < 1.29 is 36.6 Å². The summed E-state index contributed by atoms with van der Waals surface area (Å²) in [6.45, 7) is 3.75. The Hall–Kier alpha value is -3.30. The number of carbonyl (C=O) groups is 2. The van der Waals surface area contributed by atoms with E-state index in [0.717, 1.165) is 6.07 Å². The average Bonchev–Trinajstić information content (AvgIpc) is 2.67. The number of alkyl halides is 3. The highest BCUT2D eigenvalue weighted by Gasteiger charge is 2.34. The lowest BCUT2D eigenvalue weighted by molar-refractivity contribution is -0.140. The zero-order chi connectivity index (χ0) is 21.6. The van der Waals surface area contributed by atoms with E-state index in [0.29, 0.717) is 30.2 Å². The number of carbonyl (C=O) groups excluding carboxylic acids is 2. The fourth-order valence-corrected chi connectivity index (χ4v) is 2.21. The summed E-state index contributed by atoms with van der Waals surface area (Å²) in [6.07, 6.45) is -5.98. The summed E-state index contributed by atoms with van der Waals surface area (Å²) < 4.78 is 62.1. The van der Waals surface area contributed by atoms with Gasteiger partial charge in [0.1, 0.15) is 17.3 Å². The van der Waals surface area contributed by atoms with Crippen LogP contribution < -0.4 is 20.3 Å². The fourth-order valence-electron chi connectivity index (χ4n) is 2.21. The Labute approximate surface area is 163 Å². The molecule has 0 aliphatic carbocycles. The Bertz CT molecular complexity index is 870. The van der Waals surface area contributed by atoms with Gasteiger partial charge in [0.25, 0.3) is 11.8 Å². The van der Waals surface area contributed by atoms with Gasteiger partial charge in [0.05, 0.1) is 12.2 Å². The first-order valence-corrected chi connectivity index (χ1v) is 8.48. The Kier molecular flexibility index (Phi) is 7.03. The Morgan fingerprint density at radius 3 is 2.24 bits per heavy atom. The summed E-state index contributed by atoms with van der Waals surface area (Å²) in [5.41, 5.74) is 1.95. The van der Waals surface area contributed by atoms with Crippen LogP contribution in [0.1, 0.15) is 29.8 Å². The number of amides is 2. The molecule has 0 bridgehead atoms. The van der Waals surface area contributed by atoms with Gasteiger partial charge in [-0.15, -0.1) is 0 Å². The van der Waals surface area contributed by atoms with Crippen LogP contribution in [0, 0.1) is 5.82 Å². The van der Waals surface area contributed by atoms with Gasteiger partial charge >= 0.3 is 6.18 Å². The Morgan fingerprint density at radius 2 is 1.66 bits per heavy atom. The molecule has 0 saturated carbocycles. The van der Waals surface area contributed by atoms with E-state index in [-0.39, 0.29) is 0 Å². The summed E-state index contributed by atoms with van der Waals surface area (Å²) in [5.74, 6) is -2.30. The topological polar surface area (TPSA) is 76.7 Å². The third-order valence-electron chi connectivity index (χ3n) is 3.65. The molecule has 2 amide bonds. The maximum atomic E-state index is 13.3. The lowest BCUT2D eigenvalue weighted by Gasteiger charge is -2.16. The summed E-state index contributed by atoms with van der Waals surface area (Å²) >= 11 is 0. The van der Waals surface area contributed by atoms with Crippen LogP contribution in [0.5, 0.6) is 11.5 Å². The number of hydrogen-bond acceptors (Lipinski definition) is 4. The van der Waals surface area contributed by atoms with Gasteiger partial charge in [-0.25, -0.2) is 4.39 Å². The first kappa shape index (κ1) is 22.0. The summed E-state index contributed by atoms with van der Waals surface area (Å²) in [6, 6.07) is 8.23. The van der Waals surface area contributed by atoms with Gasteiger partial charge < -0.3 is 9.47 Å². The van der Waals surface area contributed by atoms with Crippen molar-refractivity contribution in [3.63, 3.8) is 0 Å².